The first-order chi connectivity index (χ1) is 13.8. The third-order valence-corrected chi connectivity index (χ3v) is 4.01. The number of rotatable bonds is 5. The molecular weight excluding hydrogens is 387 g/mol. The number of aromatic nitrogens is 2. The van der Waals surface area contributed by atoms with Crippen LogP contribution in [0.2, 0.25) is 0 Å². The second-order valence-corrected chi connectivity index (χ2v) is 5.99. The first-order valence-corrected chi connectivity index (χ1v) is 8.42. The molecule has 0 saturated carbocycles. The largest absolute Gasteiger partial charge is 0.491 e. The molecule has 1 amide bonds. The summed E-state index contributed by atoms with van der Waals surface area (Å²) in [5.74, 6) is -5.70. The number of methoxy groups -OCH3 is 1. The van der Waals surface area contributed by atoms with Crippen LogP contribution < -0.4 is 14.8 Å². The lowest BCUT2D eigenvalue weighted by Gasteiger charge is -2.14. The van der Waals surface area contributed by atoms with Crippen molar-refractivity contribution in [3.63, 3.8) is 0 Å². The molecule has 29 heavy (non-hydrogen) atoms. The quantitative estimate of drug-likeness (QED) is 0.632. The predicted octanol–water partition coefficient (Wildman–Crippen LogP) is 4.56. The lowest BCUT2D eigenvalue weighted by molar-refractivity contribution is 0.102. The minimum atomic E-state index is -1.51. The Hall–Kier alpha value is -3.62. The van der Waals surface area contributed by atoms with Gasteiger partial charge in [0.05, 0.1) is 29.7 Å². The van der Waals surface area contributed by atoms with Crippen LogP contribution in [-0.2, 0) is 0 Å². The van der Waals surface area contributed by atoms with Crippen molar-refractivity contribution in [2.24, 2.45) is 0 Å². The van der Waals surface area contributed by atoms with E-state index >= 15 is 0 Å². The Kier molecular flexibility index (Phi) is 5.67. The van der Waals surface area contributed by atoms with Crippen molar-refractivity contribution >= 4 is 11.6 Å². The molecule has 3 rings (SSSR count). The van der Waals surface area contributed by atoms with Crippen LogP contribution in [0.5, 0.6) is 17.5 Å². The maximum Gasteiger partial charge on any atom is 0.322 e. The van der Waals surface area contributed by atoms with E-state index in [2.05, 4.69) is 20.0 Å². The maximum absolute atomic E-state index is 14.3. The van der Waals surface area contributed by atoms with Crippen molar-refractivity contribution in [3.05, 3.63) is 70.8 Å². The van der Waals surface area contributed by atoms with Gasteiger partial charge in [-0.3, -0.25) is 4.79 Å². The first kappa shape index (κ1) is 20.1. The van der Waals surface area contributed by atoms with Gasteiger partial charge in [0, 0.05) is 0 Å². The summed E-state index contributed by atoms with van der Waals surface area (Å²) in [7, 11) is 0.968. The Balaban J connectivity index is 1.89. The SMILES string of the molecule is COc1c(F)c(F)cc(C(=O)Nc2c(C)nc(Oc3ccccc3)nc2C)c1F. The van der Waals surface area contributed by atoms with E-state index in [4.69, 9.17) is 4.74 Å². The van der Waals surface area contributed by atoms with Crippen molar-refractivity contribution in [1.29, 1.82) is 0 Å². The van der Waals surface area contributed by atoms with Crippen molar-refractivity contribution in [2.45, 2.75) is 13.8 Å². The molecule has 3 aromatic rings. The number of aryl methyl sites for hydroxylation is 2. The molecule has 1 N–H and O–H groups in total. The molecule has 1 aromatic heterocycles. The van der Waals surface area contributed by atoms with E-state index in [0.717, 1.165) is 7.11 Å². The summed E-state index contributed by atoms with van der Waals surface area (Å²) >= 11 is 0. The third kappa shape index (κ3) is 4.13. The smallest absolute Gasteiger partial charge is 0.322 e. The zero-order valence-corrected chi connectivity index (χ0v) is 15.7. The lowest BCUT2D eigenvalue weighted by atomic mass is 10.1. The molecule has 0 fully saturated rings. The topological polar surface area (TPSA) is 73.3 Å². The molecule has 150 valence electrons. The summed E-state index contributed by atoms with van der Waals surface area (Å²) in [5.41, 5.74) is 0.154. The number of carbonyl (C=O) groups is 1. The highest BCUT2D eigenvalue weighted by Gasteiger charge is 2.24. The average molecular weight is 403 g/mol. The number of carbonyl (C=O) groups excluding carboxylic acids is 1. The van der Waals surface area contributed by atoms with Gasteiger partial charge in [-0.2, -0.15) is 14.4 Å². The van der Waals surface area contributed by atoms with Crippen LogP contribution in [0.3, 0.4) is 0 Å². The number of halogens is 3. The zero-order valence-electron chi connectivity index (χ0n) is 15.7. The van der Waals surface area contributed by atoms with E-state index in [1.807, 2.05) is 6.07 Å². The molecule has 0 atom stereocenters. The lowest BCUT2D eigenvalue weighted by Crippen LogP contribution is -2.18. The van der Waals surface area contributed by atoms with Crippen LogP contribution in [0, 0.1) is 31.3 Å². The number of anilines is 1. The molecule has 0 aliphatic carbocycles. The minimum absolute atomic E-state index is 0.0601. The molecule has 9 heteroatoms. The summed E-state index contributed by atoms with van der Waals surface area (Å²) in [4.78, 5) is 20.8. The van der Waals surface area contributed by atoms with E-state index < -0.39 is 34.7 Å². The number of ether oxygens (including phenoxy) is 2. The highest BCUT2D eigenvalue weighted by Crippen LogP contribution is 2.29. The van der Waals surface area contributed by atoms with Crippen LogP contribution in [0.25, 0.3) is 0 Å². The number of benzene rings is 2. The van der Waals surface area contributed by atoms with Gasteiger partial charge in [-0.05, 0) is 32.0 Å². The van der Waals surface area contributed by atoms with Crippen molar-refractivity contribution < 1.29 is 27.4 Å². The van der Waals surface area contributed by atoms with Gasteiger partial charge in [0.25, 0.3) is 5.91 Å². The highest BCUT2D eigenvalue weighted by molar-refractivity contribution is 6.05. The number of hydrogen-bond donors (Lipinski definition) is 1. The van der Waals surface area contributed by atoms with Gasteiger partial charge in [0.1, 0.15) is 5.75 Å². The van der Waals surface area contributed by atoms with Gasteiger partial charge in [0.15, 0.2) is 17.4 Å². The molecule has 6 nitrogen and oxygen atoms in total. The van der Waals surface area contributed by atoms with E-state index in [9.17, 15) is 18.0 Å². The summed E-state index contributed by atoms with van der Waals surface area (Å²) in [6, 6.07) is 9.37. The highest BCUT2D eigenvalue weighted by atomic mass is 19.2. The molecule has 0 bridgehead atoms. The van der Waals surface area contributed by atoms with Gasteiger partial charge in [-0.1, -0.05) is 18.2 Å². The monoisotopic (exact) mass is 403 g/mol. The summed E-state index contributed by atoms with van der Waals surface area (Å²) < 4.78 is 51.7. The number of para-hydroxylation sites is 1. The molecule has 0 unspecified atom stereocenters. The molecule has 0 aliphatic rings. The Morgan fingerprint density at radius 3 is 2.21 bits per heavy atom. The van der Waals surface area contributed by atoms with Crippen molar-refractivity contribution in [2.75, 3.05) is 12.4 Å². The van der Waals surface area contributed by atoms with Crippen LogP contribution in [0.4, 0.5) is 18.9 Å². The van der Waals surface area contributed by atoms with Crippen molar-refractivity contribution in [1.82, 2.24) is 9.97 Å². The van der Waals surface area contributed by atoms with Gasteiger partial charge in [-0.25, -0.2) is 8.78 Å². The molecule has 0 radical (unpaired) electrons. The van der Waals surface area contributed by atoms with Gasteiger partial charge >= 0.3 is 6.01 Å². The van der Waals surface area contributed by atoms with E-state index in [0.29, 0.717) is 23.2 Å². The zero-order chi connectivity index (χ0) is 21.1. The number of hydrogen-bond acceptors (Lipinski definition) is 5. The van der Waals surface area contributed by atoms with Gasteiger partial charge in [0.2, 0.25) is 5.82 Å². The molecule has 2 aromatic carbocycles. The summed E-state index contributed by atoms with van der Waals surface area (Å²) in [5, 5.41) is 2.42. The first-order valence-electron chi connectivity index (χ1n) is 8.42. The van der Waals surface area contributed by atoms with Crippen LogP contribution in [0.15, 0.2) is 36.4 Å². The molecule has 0 aliphatic heterocycles. The Bertz CT molecular complexity index is 1050. The fraction of sp³-hybridized carbons (Fsp3) is 0.150. The Labute approximate surface area is 164 Å². The average Bonchev–Trinajstić information content (AvgIpc) is 2.68. The standard InChI is InChI=1S/C20H16F3N3O3/c1-10-17(11(2)25-20(24-10)29-12-7-5-4-6-8-12)26-19(27)13-9-14(21)16(23)18(28-3)15(13)22/h4-9H,1-3H3,(H,26,27). The molecule has 1 heterocycles. The molecule has 0 spiro atoms. The van der Waals surface area contributed by atoms with Gasteiger partial charge < -0.3 is 14.8 Å². The number of nitrogens with one attached hydrogen (secondary N) is 1. The third-order valence-electron chi connectivity index (χ3n) is 4.01. The fourth-order valence-corrected chi connectivity index (χ4v) is 2.61. The van der Waals surface area contributed by atoms with E-state index in [1.54, 1.807) is 38.1 Å². The maximum atomic E-state index is 14.3. The molecule has 0 saturated heterocycles. The van der Waals surface area contributed by atoms with Crippen LogP contribution in [0.1, 0.15) is 21.7 Å². The second kappa shape index (κ2) is 8.17. The summed E-state index contributed by atoms with van der Waals surface area (Å²) in [6.07, 6.45) is 0. The van der Waals surface area contributed by atoms with Gasteiger partial charge in [-0.15, -0.1) is 0 Å². The Morgan fingerprint density at radius 2 is 1.62 bits per heavy atom. The summed E-state index contributed by atoms with van der Waals surface area (Å²) in [6.45, 7) is 3.18. The number of nitrogens with zero attached hydrogens (tertiary/aromatic N) is 2. The van der Waals surface area contributed by atoms with Crippen molar-refractivity contribution in [3.8, 4) is 17.5 Å². The number of amides is 1. The Morgan fingerprint density at radius 1 is 1.00 bits per heavy atom. The normalized spacial score (nSPS) is 10.6. The van der Waals surface area contributed by atoms with Crippen LogP contribution in [-0.4, -0.2) is 23.0 Å². The molecular formula is C20H16F3N3O3. The predicted molar refractivity (Wildman–Crippen MR) is 98.8 cm³/mol. The van der Waals surface area contributed by atoms with E-state index in [1.165, 1.54) is 0 Å². The second-order valence-electron chi connectivity index (χ2n) is 5.99. The van der Waals surface area contributed by atoms with E-state index in [-0.39, 0.29) is 11.7 Å². The van der Waals surface area contributed by atoms with Crippen LogP contribution >= 0.6 is 0 Å². The minimum Gasteiger partial charge on any atom is -0.491 e. The fourth-order valence-electron chi connectivity index (χ4n) is 2.61.